The highest BCUT2D eigenvalue weighted by Gasteiger charge is 2.28. The Kier molecular flexibility index (Phi) is 6.93. The largest absolute Gasteiger partial charge is 0.392 e. The second kappa shape index (κ2) is 10.2. The number of likely N-dealkylation sites (tertiary alicyclic amines) is 1. The van der Waals surface area contributed by atoms with Crippen LogP contribution in [0.1, 0.15) is 61.4 Å². The molecule has 1 aliphatic carbocycles. The van der Waals surface area contributed by atoms with Gasteiger partial charge in [-0.25, -0.2) is 4.98 Å². The van der Waals surface area contributed by atoms with Crippen LogP contribution < -0.4 is 5.32 Å². The fourth-order valence-electron chi connectivity index (χ4n) is 5.71. The van der Waals surface area contributed by atoms with Gasteiger partial charge in [0.1, 0.15) is 0 Å². The first-order chi connectivity index (χ1) is 16.6. The fourth-order valence-corrected chi connectivity index (χ4v) is 5.71. The van der Waals surface area contributed by atoms with Crippen molar-refractivity contribution in [1.82, 2.24) is 15.2 Å². The molecule has 2 atom stereocenters. The molecule has 5 rings (SSSR count). The van der Waals surface area contributed by atoms with Crippen LogP contribution in [0.5, 0.6) is 0 Å². The van der Waals surface area contributed by atoms with Gasteiger partial charge in [0.15, 0.2) is 0 Å². The summed E-state index contributed by atoms with van der Waals surface area (Å²) in [4.78, 5) is 21.2. The number of amides is 1. The van der Waals surface area contributed by atoms with Crippen molar-refractivity contribution in [3.8, 4) is 11.3 Å². The van der Waals surface area contributed by atoms with Gasteiger partial charge in [0, 0.05) is 42.2 Å². The van der Waals surface area contributed by atoms with E-state index >= 15 is 0 Å². The minimum Gasteiger partial charge on any atom is -0.392 e. The van der Waals surface area contributed by atoms with Gasteiger partial charge >= 0.3 is 0 Å². The smallest absolute Gasteiger partial charge is 0.252 e. The summed E-state index contributed by atoms with van der Waals surface area (Å²) in [5.41, 5.74) is 4.39. The number of hydrogen-bond donors (Lipinski definition) is 2. The Balaban J connectivity index is 1.60. The van der Waals surface area contributed by atoms with E-state index < -0.39 is 0 Å². The maximum atomic E-state index is 13.9. The van der Waals surface area contributed by atoms with E-state index in [-0.39, 0.29) is 18.1 Å². The van der Waals surface area contributed by atoms with Gasteiger partial charge in [0.05, 0.1) is 22.9 Å². The summed E-state index contributed by atoms with van der Waals surface area (Å²) >= 11 is 0. The lowest BCUT2D eigenvalue weighted by molar-refractivity contribution is 0.0919. The van der Waals surface area contributed by atoms with E-state index in [4.69, 9.17) is 4.98 Å². The number of hydrogen-bond acceptors (Lipinski definition) is 4. The quantitative estimate of drug-likeness (QED) is 0.536. The van der Waals surface area contributed by atoms with Crippen molar-refractivity contribution >= 4 is 16.8 Å². The summed E-state index contributed by atoms with van der Waals surface area (Å²) in [6.45, 7) is 4.20. The lowest BCUT2D eigenvalue weighted by Crippen LogP contribution is -2.39. The Morgan fingerprint density at radius 1 is 1.06 bits per heavy atom. The standard InChI is InChI=1S/C29H35N3O2/c1-20(21-10-4-2-5-11-21)30-29(34)27-24-14-8-9-15-26(24)31-28(22-12-6-3-7-13-22)25(27)19-32-17-16-23(33)18-32/h3,6-9,12-15,20-21,23,33H,2,4-5,10-11,16-19H2,1H3,(H,30,34)/t20-,23-/m0/s1. The molecule has 1 saturated heterocycles. The number of aromatic nitrogens is 1. The first kappa shape index (κ1) is 23.0. The first-order valence-electron chi connectivity index (χ1n) is 12.8. The van der Waals surface area contributed by atoms with Gasteiger partial charge in [-0.3, -0.25) is 9.69 Å². The molecule has 2 fully saturated rings. The lowest BCUT2D eigenvalue weighted by atomic mass is 9.84. The Bertz CT molecular complexity index is 1140. The lowest BCUT2D eigenvalue weighted by Gasteiger charge is -2.29. The van der Waals surface area contributed by atoms with E-state index in [9.17, 15) is 9.90 Å². The van der Waals surface area contributed by atoms with Crippen LogP contribution in [0.2, 0.25) is 0 Å². The van der Waals surface area contributed by atoms with Crippen LogP contribution in [0.15, 0.2) is 54.6 Å². The molecule has 2 heterocycles. The molecule has 2 aromatic carbocycles. The van der Waals surface area contributed by atoms with Crippen LogP contribution in [-0.2, 0) is 6.54 Å². The number of aliphatic hydroxyl groups is 1. The zero-order chi connectivity index (χ0) is 23.5. The summed E-state index contributed by atoms with van der Waals surface area (Å²) in [6, 6.07) is 18.3. The predicted octanol–water partition coefficient (Wildman–Crippen LogP) is 5.17. The van der Waals surface area contributed by atoms with Gasteiger partial charge in [-0.15, -0.1) is 0 Å². The van der Waals surface area contributed by atoms with Gasteiger partial charge in [0.2, 0.25) is 0 Å². The highest BCUT2D eigenvalue weighted by atomic mass is 16.3. The van der Waals surface area contributed by atoms with E-state index in [0.717, 1.165) is 46.3 Å². The molecule has 1 aliphatic heterocycles. The van der Waals surface area contributed by atoms with Gasteiger partial charge in [0.25, 0.3) is 5.91 Å². The van der Waals surface area contributed by atoms with Gasteiger partial charge in [-0.2, -0.15) is 0 Å². The van der Waals surface area contributed by atoms with Crippen LogP contribution in [0.4, 0.5) is 0 Å². The van der Waals surface area contributed by atoms with Crippen molar-refractivity contribution in [1.29, 1.82) is 0 Å². The Labute approximate surface area is 202 Å². The molecule has 5 heteroatoms. The summed E-state index contributed by atoms with van der Waals surface area (Å²) in [6.07, 6.45) is 6.64. The Morgan fingerprint density at radius 3 is 2.53 bits per heavy atom. The number of para-hydroxylation sites is 1. The summed E-state index contributed by atoms with van der Waals surface area (Å²) in [5, 5.41) is 14.4. The number of β-amino-alcohol motifs (C(OH)–C–C–N with tert-alkyl or cyclic N) is 1. The van der Waals surface area contributed by atoms with E-state index in [1.807, 2.05) is 42.5 Å². The third-order valence-corrected chi connectivity index (χ3v) is 7.61. The van der Waals surface area contributed by atoms with Crippen molar-refractivity contribution in [2.24, 2.45) is 5.92 Å². The molecule has 0 unspecified atom stereocenters. The third-order valence-electron chi connectivity index (χ3n) is 7.61. The highest BCUT2D eigenvalue weighted by molar-refractivity contribution is 6.09. The van der Waals surface area contributed by atoms with E-state index in [2.05, 4.69) is 29.3 Å². The second-order valence-electron chi connectivity index (χ2n) is 10.0. The van der Waals surface area contributed by atoms with Gasteiger partial charge in [-0.05, 0) is 38.2 Å². The van der Waals surface area contributed by atoms with Crippen LogP contribution >= 0.6 is 0 Å². The number of carbonyl (C=O) groups is 1. The summed E-state index contributed by atoms with van der Waals surface area (Å²) < 4.78 is 0. The molecular formula is C29H35N3O2. The Hall–Kier alpha value is -2.76. The van der Waals surface area contributed by atoms with Crippen LogP contribution in [0.25, 0.3) is 22.2 Å². The number of rotatable bonds is 6. The molecule has 0 bridgehead atoms. The van der Waals surface area contributed by atoms with Crippen molar-refractivity contribution in [2.75, 3.05) is 13.1 Å². The molecule has 1 amide bonds. The summed E-state index contributed by atoms with van der Waals surface area (Å²) in [7, 11) is 0. The number of aliphatic hydroxyl groups excluding tert-OH is 1. The molecule has 178 valence electrons. The maximum Gasteiger partial charge on any atom is 0.252 e. The highest BCUT2D eigenvalue weighted by Crippen LogP contribution is 2.33. The maximum absolute atomic E-state index is 13.9. The van der Waals surface area contributed by atoms with Crippen LogP contribution in [-0.4, -0.2) is 46.1 Å². The number of nitrogens with zero attached hydrogens (tertiary/aromatic N) is 2. The first-order valence-corrected chi connectivity index (χ1v) is 12.8. The molecule has 2 aliphatic rings. The zero-order valence-corrected chi connectivity index (χ0v) is 20.0. The molecular weight excluding hydrogens is 422 g/mol. The van der Waals surface area contributed by atoms with Crippen LogP contribution in [0.3, 0.4) is 0 Å². The summed E-state index contributed by atoms with van der Waals surface area (Å²) in [5.74, 6) is 0.528. The van der Waals surface area contributed by atoms with Crippen molar-refractivity contribution in [2.45, 2.75) is 64.1 Å². The number of benzene rings is 2. The number of fused-ring (bicyclic) bond motifs is 1. The van der Waals surface area contributed by atoms with Gasteiger partial charge < -0.3 is 10.4 Å². The normalized spacial score (nSPS) is 20.5. The average molecular weight is 458 g/mol. The Morgan fingerprint density at radius 2 is 1.79 bits per heavy atom. The van der Waals surface area contributed by atoms with Gasteiger partial charge in [-0.1, -0.05) is 67.8 Å². The number of pyridine rings is 1. The van der Waals surface area contributed by atoms with E-state index in [1.54, 1.807) is 0 Å². The molecule has 0 spiro atoms. The molecule has 1 saturated carbocycles. The number of nitrogens with one attached hydrogen (secondary N) is 1. The molecule has 0 radical (unpaired) electrons. The fraction of sp³-hybridized carbons (Fsp3) is 0.448. The molecule has 34 heavy (non-hydrogen) atoms. The third kappa shape index (κ3) is 4.86. The minimum absolute atomic E-state index is 0.0106. The van der Waals surface area contributed by atoms with Crippen molar-refractivity contribution < 1.29 is 9.90 Å². The SMILES string of the molecule is C[C@H](NC(=O)c1c(CN2CC[C@H](O)C2)c(-c2ccccc2)nc2ccccc12)C1CCCCC1. The molecule has 2 N–H and O–H groups in total. The van der Waals surface area contributed by atoms with Crippen molar-refractivity contribution in [3.63, 3.8) is 0 Å². The van der Waals surface area contributed by atoms with E-state index in [0.29, 0.717) is 19.0 Å². The molecule has 3 aromatic rings. The molecule has 5 nitrogen and oxygen atoms in total. The topological polar surface area (TPSA) is 65.5 Å². The number of carbonyl (C=O) groups excluding carboxylic acids is 1. The second-order valence-corrected chi connectivity index (χ2v) is 10.0. The van der Waals surface area contributed by atoms with Crippen molar-refractivity contribution in [3.05, 3.63) is 65.7 Å². The average Bonchev–Trinajstić information content (AvgIpc) is 3.29. The zero-order valence-electron chi connectivity index (χ0n) is 20.0. The monoisotopic (exact) mass is 457 g/mol. The molecule has 1 aromatic heterocycles. The van der Waals surface area contributed by atoms with E-state index in [1.165, 1.54) is 32.1 Å². The predicted molar refractivity (Wildman–Crippen MR) is 137 cm³/mol. The van der Waals surface area contributed by atoms with Crippen LogP contribution in [0, 0.1) is 5.92 Å². The minimum atomic E-state index is -0.308.